The van der Waals surface area contributed by atoms with Crippen LogP contribution in [0.15, 0.2) is 12.2 Å². The van der Waals surface area contributed by atoms with E-state index in [2.05, 4.69) is 0 Å². The fourth-order valence-corrected chi connectivity index (χ4v) is 1.15. The Balaban J connectivity index is 4.55. The largest absolute Gasteiger partial charge is 0.466 e. The van der Waals surface area contributed by atoms with E-state index in [9.17, 15) is 9.90 Å². The Morgan fingerprint density at radius 3 is 2.33 bits per heavy atom. The molecule has 0 amide bonds. The van der Waals surface area contributed by atoms with Gasteiger partial charge in [0.25, 0.3) is 0 Å². The summed E-state index contributed by atoms with van der Waals surface area (Å²) in [5.41, 5.74) is -0.889. The second-order valence-corrected chi connectivity index (χ2v) is 4.53. The van der Waals surface area contributed by atoms with Gasteiger partial charge in [0, 0.05) is 0 Å². The van der Waals surface area contributed by atoms with Gasteiger partial charge in [-0.3, -0.25) is 4.79 Å². The second-order valence-electron chi connectivity index (χ2n) is 4.53. The summed E-state index contributed by atoms with van der Waals surface area (Å²) >= 11 is 0. The lowest BCUT2D eigenvalue weighted by Crippen LogP contribution is -2.22. The number of carbonyl (C=O) groups is 1. The molecule has 0 saturated carbocycles. The molecule has 3 heteroatoms. The number of ether oxygens (including phenoxy) is 1. The Labute approximate surface area is 92.1 Å². The Morgan fingerprint density at radius 2 is 2.00 bits per heavy atom. The maximum absolute atomic E-state index is 11.5. The van der Waals surface area contributed by atoms with Crippen LogP contribution in [0.2, 0.25) is 0 Å². The molecule has 0 aliphatic rings. The van der Waals surface area contributed by atoms with Crippen LogP contribution in [0.3, 0.4) is 0 Å². The van der Waals surface area contributed by atoms with Gasteiger partial charge >= 0.3 is 5.97 Å². The highest BCUT2D eigenvalue weighted by molar-refractivity contribution is 5.74. The highest BCUT2D eigenvalue weighted by atomic mass is 16.5. The van der Waals surface area contributed by atoms with Crippen molar-refractivity contribution >= 4 is 5.97 Å². The van der Waals surface area contributed by atoms with Gasteiger partial charge in [0.1, 0.15) is 0 Å². The maximum Gasteiger partial charge on any atom is 0.313 e. The van der Waals surface area contributed by atoms with Gasteiger partial charge in [0.05, 0.1) is 18.1 Å². The molecule has 0 aromatic rings. The molecule has 0 aromatic heterocycles. The molecule has 1 N–H and O–H groups in total. The number of esters is 1. The third kappa shape index (κ3) is 6.28. The highest BCUT2D eigenvalue weighted by Crippen LogP contribution is 2.16. The monoisotopic (exact) mass is 214 g/mol. The Hall–Kier alpha value is -0.830. The molecule has 0 aliphatic carbocycles. The minimum atomic E-state index is -0.889. The third-order valence-corrected chi connectivity index (χ3v) is 1.99. The van der Waals surface area contributed by atoms with Gasteiger partial charge in [-0.05, 0) is 26.7 Å². The molecule has 0 radical (unpaired) electrons. The number of carbonyl (C=O) groups excluding carboxylic acids is 1. The molecule has 0 bridgehead atoms. The quantitative estimate of drug-likeness (QED) is 0.563. The van der Waals surface area contributed by atoms with E-state index in [1.807, 2.05) is 13.8 Å². The molecule has 15 heavy (non-hydrogen) atoms. The molecule has 0 aliphatic heterocycles. The smallest absolute Gasteiger partial charge is 0.313 e. The lowest BCUT2D eigenvalue weighted by atomic mass is 9.93. The lowest BCUT2D eigenvalue weighted by molar-refractivity contribution is -0.147. The van der Waals surface area contributed by atoms with E-state index in [-0.39, 0.29) is 17.8 Å². The van der Waals surface area contributed by atoms with Crippen molar-refractivity contribution in [1.29, 1.82) is 0 Å². The summed E-state index contributed by atoms with van der Waals surface area (Å²) in [6.45, 7) is 9.43. The number of rotatable bonds is 5. The van der Waals surface area contributed by atoms with Crippen molar-refractivity contribution in [2.75, 3.05) is 6.61 Å². The molecular weight excluding hydrogens is 192 g/mol. The summed E-state index contributed by atoms with van der Waals surface area (Å²) in [6.07, 6.45) is 3.36. The first-order valence-corrected chi connectivity index (χ1v) is 5.36. The molecule has 0 saturated heterocycles. The zero-order valence-electron chi connectivity index (χ0n) is 10.3. The van der Waals surface area contributed by atoms with Crippen LogP contribution < -0.4 is 0 Å². The number of hydrogen-bond acceptors (Lipinski definition) is 3. The van der Waals surface area contributed by atoms with Crippen LogP contribution in [0, 0.1) is 11.8 Å². The van der Waals surface area contributed by atoms with Crippen LogP contribution in [0.4, 0.5) is 0 Å². The Morgan fingerprint density at radius 1 is 1.47 bits per heavy atom. The number of aliphatic hydroxyl groups is 1. The summed E-state index contributed by atoms with van der Waals surface area (Å²) in [6, 6.07) is 0. The minimum absolute atomic E-state index is 0.169. The molecular formula is C12H22O3. The van der Waals surface area contributed by atoms with Gasteiger partial charge in [-0.1, -0.05) is 26.0 Å². The topological polar surface area (TPSA) is 46.5 Å². The molecule has 0 aromatic carbocycles. The summed E-state index contributed by atoms with van der Waals surface area (Å²) in [5, 5.41) is 9.52. The van der Waals surface area contributed by atoms with E-state index in [1.165, 1.54) is 0 Å². The number of hydrogen-bond donors (Lipinski definition) is 1. The molecule has 1 atom stereocenters. The van der Waals surface area contributed by atoms with E-state index in [0.29, 0.717) is 6.61 Å². The summed E-state index contributed by atoms with van der Waals surface area (Å²) in [5.74, 6) is -0.341. The molecule has 1 unspecified atom stereocenters. The van der Waals surface area contributed by atoms with Crippen molar-refractivity contribution in [2.45, 2.75) is 40.2 Å². The molecule has 0 fully saturated rings. The average molecular weight is 214 g/mol. The van der Waals surface area contributed by atoms with E-state index in [0.717, 1.165) is 0 Å². The molecule has 0 heterocycles. The predicted molar refractivity (Wildman–Crippen MR) is 60.4 cm³/mol. The maximum atomic E-state index is 11.5. The van der Waals surface area contributed by atoms with Crippen LogP contribution >= 0.6 is 0 Å². The van der Waals surface area contributed by atoms with Gasteiger partial charge in [0.15, 0.2) is 0 Å². The molecule has 0 spiro atoms. The highest BCUT2D eigenvalue weighted by Gasteiger charge is 2.21. The van der Waals surface area contributed by atoms with Gasteiger partial charge in [0.2, 0.25) is 0 Å². The van der Waals surface area contributed by atoms with Crippen LogP contribution in [-0.2, 0) is 9.53 Å². The Kier molecular flexibility index (Phi) is 5.58. The summed E-state index contributed by atoms with van der Waals surface area (Å²) in [7, 11) is 0. The Bertz CT molecular complexity index is 224. The average Bonchev–Trinajstić information content (AvgIpc) is 2.01. The van der Waals surface area contributed by atoms with Gasteiger partial charge in [-0.2, -0.15) is 0 Å². The standard InChI is InChI=1S/C12H22O3/c1-6-15-11(13)10(9(2)3)7-8-12(4,5)14/h7-10,14H,6H2,1-5H3. The van der Waals surface area contributed by atoms with E-state index >= 15 is 0 Å². The van der Waals surface area contributed by atoms with Crippen molar-refractivity contribution in [3.63, 3.8) is 0 Å². The normalized spacial score (nSPS) is 14.6. The van der Waals surface area contributed by atoms with Gasteiger partial charge in [-0.25, -0.2) is 0 Å². The van der Waals surface area contributed by atoms with Crippen LogP contribution in [0.5, 0.6) is 0 Å². The van der Waals surface area contributed by atoms with Crippen molar-refractivity contribution in [3.8, 4) is 0 Å². The van der Waals surface area contributed by atoms with Gasteiger partial charge in [-0.15, -0.1) is 0 Å². The predicted octanol–water partition coefficient (Wildman–Crippen LogP) is 2.15. The fraction of sp³-hybridized carbons (Fsp3) is 0.750. The first kappa shape index (κ1) is 14.2. The van der Waals surface area contributed by atoms with Crippen molar-refractivity contribution in [2.24, 2.45) is 11.8 Å². The van der Waals surface area contributed by atoms with Crippen LogP contribution in [-0.4, -0.2) is 23.3 Å². The molecule has 88 valence electrons. The SMILES string of the molecule is CCOC(=O)C(C=CC(C)(C)O)C(C)C. The van der Waals surface area contributed by atoms with Crippen LogP contribution in [0.25, 0.3) is 0 Å². The zero-order chi connectivity index (χ0) is 12.1. The zero-order valence-corrected chi connectivity index (χ0v) is 10.3. The van der Waals surface area contributed by atoms with E-state index < -0.39 is 5.60 Å². The summed E-state index contributed by atoms with van der Waals surface area (Å²) in [4.78, 5) is 11.5. The first-order valence-electron chi connectivity index (χ1n) is 5.36. The van der Waals surface area contributed by atoms with E-state index in [4.69, 9.17) is 4.74 Å². The first-order chi connectivity index (χ1) is 6.78. The molecule has 3 nitrogen and oxygen atoms in total. The summed E-state index contributed by atoms with van der Waals surface area (Å²) < 4.78 is 4.96. The van der Waals surface area contributed by atoms with Crippen molar-refractivity contribution in [3.05, 3.63) is 12.2 Å². The lowest BCUT2D eigenvalue weighted by Gasteiger charge is -2.17. The van der Waals surface area contributed by atoms with E-state index in [1.54, 1.807) is 32.9 Å². The van der Waals surface area contributed by atoms with Crippen LogP contribution in [0.1, 0.15) is 34.6 Å². The second kappa shape index (κ2) is 5.91. The van der Waals surface area contributed by atoms with Crippen molar-refractivity contribution in [1.82, 2.24) is 0 Å². The van der Waals surface area contributed by atoms with Gasteiger partial charge < -0.3 is 9.84 Å². The van der Waals surface area contributed by atoms with Crippen molar-refractivity contribution < 1.29 is 14.6 Å². The third-order valence-electron chi connectivity index (χ3n) is 1.99. The minimum Gasteiger partial charge on any atom is -0.466 e. The fourth-order valence-electron chi connectivity index (χ4n) is 1.15. The molecule has 0 rings (SSSR count).